The molecule has 3 unspecified atom stereocenters. The van der Waals surface area contributed by atoms with Crippen LogP contribution in [-0.2, 0) is 6.54 Å². The van der Waals surface area contributed by atoms with Crippen LogP contribution in [-0.4, -0.2) is 27.3 Å². The molecule has 1 saturated heterocycles. The maximum atomic E-state index is 5.78. The standard InChI is InChI=1S/C12H14BrClN2/c13-10-3-9-4-11(10)16(7-9)6-8-1-2-12(14)15-5-8/h1-2,5,9-11H,3-4,6-7H2. The second-order valence-corrected chi connectivity index (χ2v) is 6.40. The molecule has 1 aliphatic carbocycles. The smallest absolute Gasteiger partial charge is 0.129 e. The molecular weight excluding hydrogens is 288 g/mol. The molecule has 2 aliphatic rings. The Bertz CT molecular complexity index is 381. The Kier molecular flexibility index (Phi) is 2.94. The van der Waals surface area contributed by atoms with Crippen molar-refractivity contribution in [2.75, 3.05) is 6.54 Å². The first-order valence-corrected chi connectivity index (χ1v) is 7.00. The van der Waals surface area contributed by atoms with Crippen molar-refractivity contribution in [1.29, 1.82) is 0 Å². The highest BCUT2D eigenvalue weighted by molar-refractivity contribution is 9.09. The summed E-state index contributed by atoms with van der Waals surface area (Å²) in [6.45, 7) is 2.25. The van der Waals surface area contributed by atoms with E-state index < -0.39 is 0 Å². The average Bonchev–Trinajstić information content (AvgIpc) is 2.80. The van der Waals surface area contributed by atoms with Gasteiger partial charge in [0, 0.05) is 30.2 Å². The molecule has 1 aliphatic heterocycles. The highest BCUT2D eigenvalue weighted by Gasteiger charge is 2.43. The Labute approximate surface area is 109 Å². The van der Waals surface area contributed by atoms with Gasteiger partial charge < -0.3 is 0 Å². The Balaban J connectivity index is 1.69. The number of piperidine rings is 1. The minimum absolute atomic E-state index is 0.574. The number of aromatic nitrogens is 1. The van der Waals surface area contributed by atoms with Crippen LogP contribution in [0.4, 0.5) is 0 Å². The van der Waals surface area contributed by atoms with Gasteiger partial charge in [-0.25, -0.2) is 4.98 Å². The number of alkyl halides is 1. The van der Waals surface area contributed by atoms with Crippen LogP contribution in [0.5, 0.6) is 0 Å². The molecule has 0 spiro atoms. The Morgan fingerprint density at radius 2 is 2.31 bits per heavy atom. The van der Waals surface area contributed by atoms with Crippen molar-refractivity contribution in [2.45, 2.75) is 30.3 Å². The van der Waals surface area contributed by atoms with Crippen molar-refractivity contribution in [3.63, 3.8) is 0 Å². The minimum atomic E-state index is 0.574. The van der Waals surface area contributed by atoms with Gasteiger partial charge in [0.15, 0.2) is 0 Å². The zero-order valence-corrected chi connectivity index (χ0v) is 11.3. The predicted octanol–water partition coefficient (Wildman–Crippen LogP) is 3.09. The molecule has 2 fully saturated rings. The summed E-state index contributed by atoms with van der Waals surface area (Å²) >= 11 is 9.56. The van der Waals surface area contributed by atoms with Gasteiger partial charge in [-0.1, -0.05) is 33.6 Å². The first-order valence-electron chi connectivity index (χ1n) is 5.71. The van der Waals surface area contributed by atoms with Gasteiger partial charge >= 0.3 is 0 Å². The lowest BCUT2D eigenvalue weighted by Crippen LogP contribution is -2.37. The molecule has 86 valence electrons. The number of likely N-dealkylation sites (tertiary alicyclic amines) is 1. The number of hydrogen-bond acceptors (Lipinski definition) is 2. The molecule has 0 aromatic carbocycles. The number of hydrogen-bond donors (Lipinski definition) is 0. The van der Waals surface area contributed by atoms with E-state index in [1.54, 1.807) is 0 Å². The van der Waals surface area contributed by atoms with Crippen molar-refractivity contribution >= 4 is 27.5 Å². The fraction of sp³-hybridized carbons (Fsp3) is 0.583. The second-order valence-electron chi connectivity index (χ2n) is 4.84. The number of halogens is 2. The first-order chi connectivity index (χ1) is 7.72. The van der Waals surface area contributed by atoms with Crippen LogP contribution >= 0.6 is 27.5 Å². The van der Waals surface area contributed by atoms with Crippen LogP contribution in [0.2, 0.25) is 5.15 Å². The van der Waals surface area contributed by atoms with Gasteiger partial charge in [0.05, 0.1) is 0 Å². The maximum Gasteiger partial charge on any atom is 0.129 e. The zero-order chi connectivity index (χ0) is 11.1. The molecule has 0 N–H and O–H groups in total. The quantitative estimate of drug-likeness (QED) is 0.616. The van der Waals surface area contributed by atoms with Crippen LogP contribution in [0.1, 0.15) is 18.4 Å². The molecule has 4 heteroatoms. The van der Waals surface area contributed by atoms with E-state index in [2.05, 4.69) is 31.9 Å². The zero-order valence-electron chi connectivity index (χ0n) is 8.94. The molecular formula is C12H14BrClN2. The molecule has 1 aromatic rings. The highest BCUT2D eigenvalue weighted by atomic mass is 79.9. The van der Waals surface area contributed by atoms with Crippen LogP contribution in [0, 0.1) is 5.92 Å². The highest BCUT2D eigenvalue weighted by Crippen LogP contribution is 2.41. The molecule has 3 atom stereocenters. The van der Waals surface area contributed by atoms with Crippen molar-refractivity contribution in [3.8, 4) is 0 Å². The van der Waals surface area contributed by atoms with Gasteiger partial charge in [0.25, 0.3) is 0 Å². The third kappa shape index (κ3) is 2.01. The summed E-state index contributed by atoms with van der Waals surface area (Å²) in [4.78, 5) is 7.38. The Hall–Kier alpha value is -0.120. The van der Waals surface area contributed by atoms with E-state index in [4.69, 9.17) is 11.6 Å². The monoisotopic (exact) mass is 300 g/mol. The van der Waals surface area contributed by atoms with E-state index in [0.29, 0.717) is 9.98 Å². The SMILES string of the molecule is Clc1ccc(CN2CC3CC(Br)C2C3)cn1. The summed E-state index contributed by atoms with van der Waals surface area (Å²) in [6.07, 6.45) is 4.59. The summed E-state index contributed by atoms with van der Waals surface area (Å²) in [5, 5.41) is 0.574. The lowest BCUT2D eigenvalue weighted by Gasteiger charge is -2.30. The molecule has 1 aromatic heterocycles. The van der Waals surface area contributed by atoms with E-state index in [9.17, 15) is 0 Å². The minimum Gasteiger partial charge on any atom is -0.295 e. The predicted molar refractivity (Wildman–Crippen MR) is 68.9 cm³/mol. The number of pyridine rings is 1. The summed E-state index contributed by atoms with van der Waals surface area (Å²) in [5.74, 6) is 0.898. The van der Waals surface area contributed by atoms with Gasteiger partial charge in [-0.2, -0.15) is 0 Å². The summed E-state index contributed by atoms with van der Waals surface area (Å²) in [7, 11) is 0. The van der Waals surface area contributed by atoms with Crippen LogP contribution in [0.25, 0.3) is 0 Å². The van der Waals surface area contributed by atoms with Crippen molar-refractivity contribution < 1.29 is 0 Å². The number of nitrogens with zero attached hydrogens (tertiary/aromatic N) is 2. The first kappa shape index (κ1) is 11.0. The average molecular weight is 302 g/mol. The van der Waals surface area contributed by atoms with E-state index in [1.165, 1.54) is 24.9 Å². The van der Waals surface area contributed by atoms with Gasteiger partial charge in [0.1, 0.15) is 5.15 Å². The van der Waals surface area contributed by atoms with Gasteiger partial charge in [-0.15, -0.1) is 0 Å². The molecule has 3 rings (SSSR count). The van der Waals surface area contributed by atoms with Crippen LogP contribution in [0.15, 0.2) is 18.3 Å². The van der Waals surface area contributed by atoms with E-state index >= 15 is 0 Å². The normalized spacial score (nSPS) is 33.5. The van der Waals surface area contributed by atoms with Crippen LogP contribution in [0.3, 0.4) is 0 Å². The lowest BCUT2D eigenvalue weighted by molar-refractivity contribution is 0.212. The van der Waals surface area contributed by atoms with Gasteiger partial charge in [0.2, 0.25) is 0 Å². The Morgan fingerprint density at radius 3 is 2.94 bits per heavy atom. The number of rotatable bonds is 2. The maximum absolute atomic E-state index is 5.78. The molecule has 0 radical (unpaired) electrons. The topological polar surface area (TPSA) is 16.1 Å². The molecule has 16 heavy (non-hydrogen) atoms. The summed E-state index contributed by atoms with van der Waals surface area (Å²) < 4.78 is 0. The van der Waals surface area contributed by atoms with Crippen molar-refractivity contribution in [2.24, 2.45) is 5.92 Å². The van der Waals surface area contributed by atoms with Gasteiger partial charge in [-0.05, 0) is 30.4 Å². The van der Waals surface area contributed by atoms with E-state index in [0.717, 1.165) is 18.5 Å². The third-order valence-corrected chi connectivity index (χ3v) is 4.89. The fourth-order valence-corrected chi connectivity index (χ4v) is 4.16. The number of fused-ring (bicyclic) bond motifs is 2. The van der Waals surface area contributed by atoms with Crippen molar-refractivity contribution in [1.82, 2.24) is 9.88 Å². The van der Waals surface area contributed by atoms with Gasteiger partial charge in [-0.3, -0.25) is 4.90 Å². The Morgan fingerprint density at radius 1 is 1.44 bits per heavy atom. The molecule has 0 amide bonds. The fourth-order valence-electron chi connectivity index (χ4n) is 2.97. The van der Waals surface area contributed by atoms with E-state index in [-0.39, 0.29) is 0 Å². The largest absolute Gasteiger partial charge is 0.295 e. The lowest BCUT2D eigenvalue weighted by atomic mass is 10.1. The molecule has 1 saturated carbocycles. The molecule has 2 bridgehead atoms. The van der Waals surface area contributed by atoms with E-state index in [1.807, 2.05) is 12.3 Å². The third-order valence-electron chi connectivity index (χ3n) is 3.69. The van der Waals surface area contributed by atoms with Crippen molar-refractivity contribution in [3.05, 3.63) is 29.0 Å². The summed E-state index contributed by atoms with van der Waals surface area (Å²) in [5.41, 5.74) is 1.26. The second kappa shape index (κ2) is 4.28. The van der Waals surface area contributed by atoms with Crippen LogP contribution < -0.4 is 0 Å². The molecule has 2 heterocycles. The summed E-state index contributed by atoms with van der Waals surface area (Å²) in [6, 6.07) is 4.67. The molecule has 2 nitrogen and oxygen atoms in total.